The van der Waals surface area contributed by atoms with Crippen molar-refractivity contribution in [2.75, 3.05) is 5.75 Å². The Morgan fingerprint density at radius 3 is 2.87 bits per heavy atom. The largest absolute Gasteiger partial charge is 0.411 e. The molecule has 4 aromatic heterocycles. The fraction of sp³-hybridized carbons (Fsp3) is 0.250. The van der Waals surface area contributed by atoms with Gasteiger partial charge in [0.1, 0.15) is 0 Å². The van der Waals surface area contributed by atoms with E-state index in [1.807, 2.05) is 30.5 Å². The highest BCUT2D eigenvalue weighted by Crippen LogP contribution is 2.29. The Bertz CT molecular complexity index is 1520. The van der Waals surface area contributed by atoms with E-state index in [2.05, 4.69) is 20.2 Å². The van der Waals surface area contributed by atoms with Gasteiger partial charge >= 0.3 is 5.69 Å². The van der Waals surface area contributed by atoms with Crippen LogP contribution in [0.2, 0.25) is 0 Å². The van der Waals surface area contributed by atoms with E-state index in [1.54, 1.807) is 18.7 Å². The highest BCUT2D eigenvalue weighted by atomic mass is 32.2. The maximum Gasteiger partial charge on any atom is 0.332 e. The molecular formula is C20H19N7O3S. The van der Waals surface area contributed by atoms with Crippen molar-refractivity contribution >= 4 is 33.8 Å². The van der Waals surface area contributed by atoms with Crippen LogP contribution in [0.4, 0.5) is 0 Å². The molecule has 1 N–H and O–H groups in total. The lowest BCUT2D eigenvalue weighted by Gasteiger charge is -2.08. The highest BCUT2D eigenvalue weighted by molar-refractivity contribution is 7.99. The third-order valence-electron chi connectivity index (χ3n) is 5.18. The van der Waals surface area contributed by atoms with Crippen LogP contribution in [0, 0.1) is 0 Å². The van der Waals surface area contributed by atoms with Gasteiger partial charge in [0.25, 0.3) is 16.7 Å². The summed E-state index contributed by atoms with van der Waals surface area (Å²) in [5.74, 6) is 1.07. The number of benzene rings is 1. The smallest absolute Gasteiger partial charge is 0.332 e. The molecule has 0 spiro atoms. The van der Waals surface area contributed by atoms with Crippen LogP contribution in [0.15, 0.2) is 56.0 Å². The normalized spacial score (nSPS) is 11.7. The molecule has 11 heteroatoms. The van der Waals surface area contributed by atoms with Gasteiger partial charge in [0.2, 0.25) is 0 Å². The summed E-state index contributed by atoms with van der Waals surface area (Å²) in [7, 11) is 3.36. The number of hydrogen-bond donors (Lipinski definition) is 1. The third-order valence-corrected chi connectivity index (χ3v) is 6.08. The maximum absolute atomic E-state index is 12.7. The lowest BCUT2D eigenvalue weighted by molar-refractivity contribution is 0.466. The molecule has 5 rings (SSSR count). The molecule has 0 bridgehead atoms. The lowest BCUT2D eigenvalue weighted by atomic mass is 10.2. The number of thioether (sulfide) groups is 1. The van der Waals surface area contributed by atoms with Gasteiger partial charge in [-0.05, 0) is 12.5 Å². The number of imidazole rings is 1. The summed E-state index contributed by atoms with van der Waals surface area (Å²) in [6, 6.07) is 7.90. The number of nitrogens with zero attached hydrogens (tertiary/aromatic N) is 6. The van der Waals surface area contributed by atoms with Gasteiger partial charge in [-0.1, -0.05) is 30.0 Å². The van der Waals surface area contributed by atoms with Crippen molar-refractivity contribution in [3.05, 3.63) is 57.6 Å². The standard InChI is InChI=1S/C20H19N7O3S/c1-25-11-22-16-15(25)18(28)27(20(29)26(16)2)8-5-9-31-19-24-23-17(30-19)13-10-21-14-7-4-3-6-12(13)14/h3-4,6-7,10-11,21H,5,8-9H2,1-2H3. The first-order valence-corrected chi connectivity index (χ1v) is 10.7. The highest BCUT2D eigenvalue weighted by Gasteiger charge is 2.16. The van der Waals surface area contributed by atoms with Gasteiger partial charge in [-0.3, -0.25) is 13.9 Å². The lowest BCUT2D eigenvalue weighted by Crippen LogP contribution is -2.39. The first kappa shape index (κ1) is 19.4. The van der Waals surface area contributed by atoms with E-state index in [0.717, 1.165) is 16.5 Å². The summed E-state index contributed by atoms with van der Waals surface area (Å²) in [5, 5.41) is 9.72. The van der Waals surface area contributed by atoms with E-state index in [0.29, 0.717) is 41.0 Å². The van der Waals surface area contributed by atoms with Gasteiger partial charge in [-0.25, -0.2) is 9.78 Å². The minimum Gasteiger partial charge on any atom is -0.411 e. The molecule has 0 fully saturated rings. The van der Waals surface area contributed by atoms with Crippen molar-refractivity contribution in [3.8, 4) is 11.5 Å². The monoisotopic (exact) mass is 437 g/mol. The van der Waals surface area contributed by atoms with Crippen LogP contribution in [0.5, 0.6) is 0 Å². The fourth-order valence-corrected chi connectivity index (χ4v) is 4.29. The first-order valence-electron chi connectivity index (χ1n) is 9.68. The second-order valence-corrected chi connectivity index (χ2v) is 8.20. The summed E-state index contributed by atoms with van der Waals surface area (Å²) < 4.78 is 10.1. The molecule has 4 heterocycles. The van der Waals surface area contributed by atoms with Gasteiger partial charge in [-0.15, -0.1) is 10.2 Å². The van der Waals surface area contributed by atoms with Gasteiger partial charge < -0.3 is 14.0 Å². The van der Waals surface area contributed by atoms with Gasteiger partial charge in [0.05, 0.1) is 11.9 Å². The van der Waals surface area contributed by atoms with Crippen LogP contribution < -0.4 is 11.2 Å². The topological polar surface area (TPSA) is 117 Å². The maximum atomic E-state index is 12.7. The third kappa shape index (κ3) is 3.26. The molecule has 1 aromatic carbocycles. The van der Waals surface area contributed by atoms with E-state index < -0.39 is 0 Å². The quantitative estimate of drug-likeness (QED) is 0.319. The number of aromatic amines is 1. The van der Waals surface area contributed by atoms with Crippen molar-refractivity contribution in [1.82, 2.24) is 33.9 Å². The average Bonchev–Trinajstić information content (AvgIpc) is 3.49. The zero-order valence-electron chi connectivity index (χ0n) is 16.9. The number of aryl methyl sites for hydroxylation is 2. The Labute approximate surface area is 179 Å². The molecule has 0 atom stereocenters. The first-order chi connectivity index (χ1) is 15.0. The molecule has 0 radical (unpaired) electrons. The summed E-state index contributed by atoms with van der Waals surface area (Å²) in [6.07, 6.45) is 3.98. The second kappa shape index (κ2) is 7.58. The number of fused-ring (bicyclic) bond motifs is 2. The van der Waals surface area contributed by atoms with Crippen molar-refractivity contribution in [2.45, 2.75) is 18.2 Å². The minimum absolute atomic E-state index is 0.295. The van der Waals surface area contributed by atoms with Crippen LogP contribution >= 0.6 is 11.8 Å². The number of H-pyrrole nitrogens is 1. The Morgan fingerprint density at radius 1 is 1.16 bits per heavy atom. The number of hydrogen-bond acceptors (Lipinski definition) is 7. The number of para-hydroxylation sites is 1. The zero-order valence-corrected chi connectivity index (χ0v) is 17.7. The summed E-state index contributed by atoms with van der Waals surface area (Å²) >= 11 is 1.40. The summed E-state index contributed by atoms with van der Waals surface area (Å²) in [6.45, 7) is 0.295. The minimum atomic E-state index is -0.374. The summed E-state index contributed by atoms with van der Waals surface area (Å²) in [4.78, 5) is 32.6. The van der Waals surface area contributed by atoms with Crippen LogP contribution in [0.25, 0.3) is 33.5 Å². The second-order valence-electron chi connectivity index (χ2n) is 7.15. The number of rotatable bonds is 6. The average molecular weight is 437 g/mol. The van der Waals surface area contributed by atoms with Crippen LogP contribution in [0.3, 0.4) is 0 Å². The van der Waals surface area contributed by atoms with E-state index in [9.17, 15) is 9.59 Å². The Morgan fingerprint density at radius 2 is 2.00 bits per heavy atom. The predicted molar refractivity (Wildman–Crippen MR) is 117 cm³/mol. The predicted octanol–water partition coefficient (Wildman–Crippen LogP) is 2.15. The number of nitrogens with one attached hydrogen (secondary N) is 1. The molecule has 0 aliphatic carbocycles. The Hall–Kier alpha value is -3.60. The number of aromatic nitrogens is 7. The SMILES string of the molecule is Cn1cnc2c1c(=O)n(CCCSc1nnc(-c3c[nH]c4ccccc34)o1)c(=O)n2C. The van der Waals surface area contributed by atoms with Crippen LogP contribution in [-0.2, 0) is 20.6 Å². The van der Waals surface area contributed by atoms with Crippen molar-refractivity contribution in [1.29, 1.82) is 0 Å². The molecule has 0 saturated heterocycles. The van der Waals surface area contributed by atoms with E-state index in [4.69, 9.17) is 4.42 Å². The molecule has 5 aromatic rings. The van der Waals surface area contributed by atoms with Crippen LogP contribution in [-0.4, -0.2) is 39.6 Å². The fourth-order valence-electron chi connectivity index (χ4n) is 3.60. The van der Waals surface area contributed by atoms with Gasteiger partial charge in [0, 0.05) is 43.5 Å². The van der Waals surface area contributed by atoms with Crippen molar-refractivity contribution in [2.24, 2.45) is 14.1 Å². The molecular weight excluding hydrogens is 418 g/mol. The molecule has 0 unspecified atom stereocenters. The van der Waals surface area contributed by atoms with E-state index >= 15 is 0 Å². The van der Waals surface area contributed by atoms with Crippen LogP contribution in [0.1, 0.15) is 6.42 Å². The zero-order chi connectivity index (χ0) is 21.5. The summed E-state index contributed by atoms with van der Waals surface area (Å²) in [5.41, 5.74) is 1.95. The molecule has 31 heavy (non-hydrogen) atoms. The molecule has 0 amide bonds. The van der Waals surface area contributed by atoms with E-state index in [1.165, 1.54) is 27.2 Å². The van der Waals surface area contributed by atoms with Gasteiger partial charge in [-0.2, -0.15) is 0 Å². The molecule has 0 saturated carbocycles. The van der Waals surface area contributed by atoms with Crippen molar-refractivity contribution in [3.63, 3.8) is 0 Å². The Kier molecular flexibility index (Phi) is 4.74. The Balaban J connectivity index is 1.28. The molecule has 10 nitrogen and oxygen atoms in total. The molecule has 0 aliphatic rings. The van der Waals surface area contributed by atoms with Gasteiger partial charge in [0.15, 0.2) is 11.2 Å². The van der Waals surface area contributed by atoms with Crippen molar-refractivity contribution < 1.29 is 4.42 Å². The van der Waals surface area contributed by atoms with E-state index in [-0.39, 0.29) is 11.2 Å². The molecule has 0 aliphatic heterocycles. The molecule has 158 valence electrons.